The Morgan fingerprint density at radius 2 is 1.88 bits per heavy atom. The van der Waals surface area contributed by atoms with Crippen LogP contribution in [0.15, 0.2) is 47.4 Å². The van der Waals surface area contributed by atoms with Crippen molar-refractivity contribution < 1.29 is 28.7 Å². The maximum atomic E-state index is 12.7. The fourth-order valence-corrected chi connectivity index (χ4v) is 4.01. The minimum absolute atomic E-state index is 0.115. The zero-order valence-electron chi connectivity index (χ0n) is 18.6. The highest BCUT2D eigenvalue weighted by atomic mass is 35.5. The number of anilines is 1. The van der Waals surface area contributed by atoms with Crippen molar-refractivity contribution in [3.8, 4) is 5.75 Å². The standard InChI is InChI=1S/C24H23ClN2O6S/c1-3-4-11-33-23(30)18-13-16(7-10-19(18)25)26-21(28)14-27-22(29)20(34-24(27)31)12-15-5-8-17(32-2)9-6-15/h5-10,12-13H,3-4,11,14H2,1-2H3,(H,26,28)/b20-12+. The second-order valence-electron chi connectivity index (χ2n) is 7.27. The van der Waals surface area contributed by atoms with E-state index in [1.165, 1.54) is 18.2 Å². The monoisotopic (exact) mass is 502 g/mol. The number of hydrogen-bond acceptors (Lipinski definition) is 7. The highest BCUT2D eigenvalue weighted by Gasteiger charge is 2.36. The molecule has 10 heteroatoms. The molecule has 2 aromatic carbocycles. The number of imide groups is 1. The van der Waals surface area contributed by atoms with Gasteiger partial charge in [0.2, 0.25) is 5.91 Å². The average molecular weight is 503 g/mol. The Kier molecular flexibility index (Phi) is 8.72. The minimum atomic E-state index is -0.597. The van der Waals surface area contributed by atoms with Gasteiger partial charge in [0, 0.05) is 5.69 Å². The van der Waals surface area contributed by atoms with Gasteiger partial charge in [0.05, 0.1) is 29.2 Å². The second-order valence-corrected chi connectivity index (χ2v) is 8.67. The molecule has 1 fully saturated rings. The molecule has 34 heavy (non-hydrogen) atoms. The van der Waals surface area contributed by atoms with Crippen molar-refractivity contribution in [2.45, 2.75) is 19.8 Å². The normalized spacial score (nSPS) is 14.4. The highest BCUT2D eigenvalue weighted by molar-refractivity contribution is 8.18. The Morgan fingerprint density at radius 1 is 1.15 bits per heavy atom. The number of methoxy groups -OCH3 is 1. The van der Waals surface area contributed by atoms with Crippen LogP contribution in [0.4, 0.5) is 10.5 Å². The number of thioether (sulfide) groups is 1. The first kappa shape index (κ1) is 25.3. The zero-order valence-corrected chi connectivity index (χ0v) is 20.2. The molecular formula is C24H23ClN2O6S. The summed E-state index contributed by atoms with van der Waals surface area (Å²) in [7, 11) is 1.55. The minimum Gasteiger partial charge on any atom is -0.497 e. The first-order valence-corrected chi connectivity index (χ1v) is 11.7. The second kappa shape index (κ2) is 11.7. The molecular weight excluding hydrogens is 480 g/mol. The number of unbranched alkanes of at least 4 members (excludes halogenated alkanes) is 1. The summed E-state index contributed by atoms with van der Waals surface area (Å²) in [6, 6.07) is 11.4. The van der Waals surface area contributed by atoms with Crippen LogP contribution in [-0.4, -0.2) is 48.2 Å². The molecule has 2 aromatic rings. The summed E-state index contributed by atoms with van der Waals surface area (Å²) >= 11 is 6.85. The Bertz CT molecular complexity index is 1130. The van der Waals surface area contributed by atoms with Crippen molar-refractivity contribution in [3.63, 3.8) is 0 Å². The molecule has 1 aliphatic rings. The van der Waals surface area contributed by atoms with Crippen LogP contribution < -0.4 is 10.1 Å². The predicted molar refractivity (Wildman–Crippen MR) is 131 cm³/mol. The van der Waals surface area contributed by atoms with E-state index in [1.54, 1.807) is 37.5 Å². The highest BCUT2D eigenvalue weighted by Crippen LogP contribution is 2.32. The van der Waals surface area contributed by atoms with Gasteiger partial charge in [0.25, 0.3) is 11.1 Å². The quantitative estimate of drug-likeness (QED) is 0.293. The van der Waals surface area contributed by atoms with Crippen LogP contribution in [0.2, 0.25) is 5.02 Å². The van der Waals surface area contributed by atoms with E-state index < -0.39 is 29.6 Å². The molecule has 0 aromatic heterocycles. The molecule has 1 saturated heterocycles. The van der Waals surface area contributed by atoms with Crippen LogP contribution in [-0.2, 0) is 14.3 Å². The molecule has 178 valence electrons. The summed E-state index contributed by atoms with van der Waals surface area (Å²) in [5.41, 5.74) is 1.12. The maximum absolute atomic E-state index is 12.7. The Balaban J connectivity index is 1.64. The number of nitrogens with zero attached hydrogens (tertiary/aromatic N) is 1. The maximum Gasteiger partial charge on any atom is 0.339 e. The van der Waals surface area contributed by atoms with Crippen molar-refractivity contribution >= 4 is 58.1 Å². The Labute approximate surface area is 206 Å². The molecule has 0 saturated carbocycles. The summed E-state index contributed by atoms with van der Waals surface area (Å²) in [6.07, 6.45) is 3.18. The predicted octanol–water partition coefficient (Wildman–Crippen LogP) is 4.98. The van der Waals surface area contributed by atoms with Gasteiger partial charge in [-0.25, -0.2) is 4.79 Å². The molecule has 3 amide bonds. The first-order valence-electron chi connectivity index (χ1n) is 10.5. The van der Waals surface area contributed by atoms with Gasteiger partial charge in [-0.15, -0.1) is 0 Å². The van der Waals surface area contributed by atoms with Crippen LogP contribution >= 0.6 is 23.4 Å². The lowest BCUT2D eigenvalue weighted by atomic mass is 10.2. The van der Waals surface area contributed by atoms with Crippen molar-refractivity contribution in [1.29, 1.82) is 0 Å². The van der Waals surface area contributed by atoms with Crippen molar-refractivity contribution in [2.24, 2.45) is 0 Å². The molecule has 1 heterocycles. The summed E-state index contributed by atoms with van der Waals surface area (Å²) in [4.78, 5) is 50.8. The van der Waals surface area contributed by atoms with Gasteiger partial charge in [0.1, 0.15) is 12.3 Å². The van der Waals surface area contributed by atoms with Gasteiger partial charge in [-0.3, -0.25) is 19.3 Å². The fraction of sp³-hybridized carbons (Fsp3) is 0.250. The van der Waals surface area contributed by atoms with Crippen molar-refractivity contribution in [3.05, 3.63) is 63.5 Å². The third-order valence-electron chi connectivity index (χ3n) is 4.79. The number of halogens is 1. The largest absolute Gasteiger partial charge is 0.497 e. The molecule has 1 aliphatic heterocycles. The molecule has 0 radical (unpaired) electrons. The number of rotatable bonds is 9. The van der Waals surface area contributed by atoms with Crippen LogP contribution in [0.25, 0.3) is 6.08 Å². The summed E-state index contributed by atoms with van der Waals surface area (Å²) in [5, 5.41) is 2.23. The number of ether oxygens (including phenoxy) is 2. The zero-order chi connectivity index (χ0) is 24.7. The molecule has 0 atom stereocenters. The molecule has 0 unspecified atom stereocenters. The summed E-state index contributed by atoms with van der Waals surface area (Å²) < 4.78 is 10.3. The Hall–Kier alpha value is -3.30. The van der Waals surface area contributed by atoms with Crippen LogP contribution in [0.1, 0.15) is 35.7 Å². The lowest BCUT2D eigenvalue weighted by Crippen LogP contribution is -2.36. The van der Waals surface area contributed by atoms with Crippen molar-refractivity contribution in [1.82, 2.24) is 4.90 Å². The van der Waals surface area contributed by atoms with Crippen LogP contribution in [0.3, 0.4) is 0 Å². The first-order chi connectivity index (χ1) is 16.3. The van der Waals surface area contributed by atoms with E-state index in [0.29, 0.717) is 5.75 Å². The average Bonchev–Trinajstić information content (AvgIpc) is 3.08. The van der Waals surface area contributed by atoms with Crippen molar-refractivity contribution in [2.75, 3.05) is 25.6 Å². The van der Waals surface area contributed by atoms with E-state index >= 15 is 0 Å². The third kappa shape index (κ3) is 6.39. The number of nitrogens with one attached hydrogen (secondary N) is 1. The molecule has 0 aliphatic carbocycles. The number of carbonyl (C=O) groups excluding carboxylic acids is 4. The number of esters is 1. The lowest BCUT2D eigenvalue weighted by Gasteiger charge is -2.13. The van der Waals surface area contributed by atoms with E-state index in [9.17, 15) is 19.2 Å². The number of carbonyl (C=O) groups is 4. The van der Waals surface area contributed by atoms with E-state index in [4.69, 9.17) is 21.1 Å². The van der Waals surface area contributed by atoms with Crippen LogP contribution in [0.5, 0.6) is 5.75 Å². The molecule has 0 spiro atoms. The van der Waals surface area contributed by atoms with Gasteiger partial charge in [-0.1, -0.05) is 37.1 Å². The smallest absolute Gasteiger partial charge is 0.339 e. The van der Waals surface area contributed by atoms with E-state index in [1.807, 2.05) is 6.92 Å². The van der Waals surface area contributed by atoms with Gasteiger partial charge < -0.3 is 14.8 Å². The summed E-state index contributed by atoms with van der Waals surface area (Å²) in [6.45, 7) is 1.78. The fourth-order valence-electron chi connectivity index (χ4n) is 2.98. The van der Waals surface area contributed by atoms with Gasteiger partial charge >= 0.3 is 5.97 Å². The number of benzene rings is 2. The SMILES string of the molecule is CCCCOC(=O)c1cc(NC(=O)CN2C(=O)S/C(=C/c3ccc(OC)cc3)C2=O)ccc1Cl. The van der Waals surface area contributed by atoms with Crippen LogP contribution in [0, 0.1) is 0 Å². The third-order valence-corrected chi connectivity index (χ3v) is 6.03. The number of amides is 3. The van der Waals surface area contributed by atoms with Gasteiger partial charge in [0.15, 0.2) is 0 Å². The van der Waals surface area contributed by atoms with E-state index in [2.05, 4.69) is 5.32 Å². The van der Waals surface area contributed by atoms with Gasteiger partial charge in [-0.05, 0) is 60.2 Å². The topological polar surface area (TPSA) is 102 Å². The number of hydrogen-bond donors (Lipinski definition) is 1. The molecule has 3 rings (SSSR count). The molecule has 8 nitrogen and oxygen atoms in total. The molecule has 0 bridgehead atoms. The molecule has 1 N–H and O–H groups in total. The summed E-state index contributed by atoms with van der Waals surface area (Å²) in [5.74, 6) is -1.08. The van der Waals surface area contributed by atoms with E-state index in [-0.39, 0.29) is 27.8 Å². The lowest BCUT2D eigenvalue weighted by molar-refractivity contribution is -0.127. The van der Waals surface area contributed by atoms with Gasteiger partial charge in [-0.2, -0.15) is 0 Å². The Morgan fingerprint density at radius 3 is 2.56 bits per heavy atom. The van der Waals surface area contributed by atoms with E-state index in [0.717, 1.165) is 35.1 Å².